The Balaban J connectivity index is 1.74. The van der Waals surface area contributed by atoms with Gasteiger partial charge in [-0.05, 0) is 42.0 Å². The minimum Gasteiger partial charge on any atom is -0.394 e. The van der Waals surface area contributed by atoms with E-state index in [1.54, 1.807) is 29.3 Å². The first-order chi connectivity index (χ1) is 18.8. The lowest BCUT2D eigenvalue weighted by molar-refractivity contribution is -0.137. The number of H-pyrrole nitrogens is 1. The first kappa shape index (κ1) is 29.4. The topological polar surface area (TPSA) is 95.8 Å². The Morgan fingerprint density at radius 3 is 2.40 bits per heavy atom. The van der Waals surface area contributed by atoms with Crippen molar-refractivity contribution in [3.05, 3.63) is 88.8 Å². The molecule has 2 aromatic heterocycles. The Labute approximate surface area is 235 Å². The highest BCUT2D eigenvalue weighted by Crippen LogP contribution is 2.40. The van der Waals surface area contributed by atoms with Crippen LogP contribution in [0, 0.1) is 6.92 Å². The van der Waals surface area contributed by atoms with E-state index in [-0.39, 0.29) is 30.0 Å². The number of rotatable bonds is 8. The number of aromatic amines is 1. The summed E-state index contributed by atoms with van der Waals surface area (Å²) in [7, 11) is 0. The van der Waals surface area contributed by atoms with Gasteiger partial charge in [-0.15, -0.1) is 11.8 Å². The smallest absolute Gasteiger partial charge is 0.394 e. The lowest BCUT2D eigenvalue weighted by Gasteiger charge is -2.23. The molecule has 4 aromatic rings. The number of amides is 1. The van der Waals surface area contributed by atoms with Crippen LogP contribution in [-0.2, 0) is 18.1 Å². The number of thioether (sulfide) groups is 1. The first-order valence-corrected chi connectivity index (χ1v) is 13.9. The van der Waals surface area contributed by atoms with Gasteiger partial charge in [0.25, 0.3) is 5.91 Å². The summed E-state index contributed by atoms with van der Waals surface area (Å²) in [4.78, 5) is 19.1. The Kier molecular flexibility index (Phi) is 8.46. The number of halogens is 3. The average molecular weight is 572 g/mol. The number of hydrogen-bond acceptors (Lipinski definition) is 5. The molecule has 0 aliphatic heterocycles. The molecule has 0 aliphatic rings. The minimum atomic E-state index is -4.63. The van der Waals surface area contributed by atoms with Crippen LogP contribution in [0.2, 0.25) is 0 Å². The predicted molar refractivity (Wildman–Crippen MR) is 149 cm³/mol. The number of carbonyl (C=O) groups excluding carboxylic acids is 1. The SMILES string of the molecule is CSc1ccc([C@H](CO)NC(=O)c2nc(C(C)(C)C)n(Cc3cccc(-c4cn[nH]c4)c3C(F)(F)F)c2C)cc1. The molecule has 0 saturated heterocycles. The van der Waals surface area contributed by atoms with Crippen LogP contribution in [0.3, 0.4) is 0 Å². The maximum absolute atomic E-state index is 14.4. The zero-order chi connectivity index (χ0) is 29.2. The third-order valence-electron chi connectivity index (χ3n) is 6.68. The highest BCUT2D eigenvalue weighted by molar-refractivity contribution is 7.98. The van der Waals surface area contributed by atoms with E-state index in [1.165, 1.54) is 24.5 Å². The van der Waals surface area contributed by atoms with Gasteiger partial charge in [-0.2, -0.15) is 18.3 Å². The van der Waals surface area contributed by atoms with Crippen molar-refractivity contribution in [1.29, 1.82) is 0 Å². The Morgan fingerprint density at radius 1 is 1.15 bits per heavy atom. The third kappa shape index (κ3) is 6.10. The van der Waals surface area contributed by atoms with Crippen molar-refractivity contribution in [2.24, 2.45) is 0 Å². The molecule has 0 radical (unpaired) electrons. The zero-order valence-corrected chi connectivity index (χ0v) is 23.7. The molecule has 0 aliphatic carbocycles. The molecule has 3 N–H and O–H groups in total. The maximum Gasteiger partial charge on any atom is 0.417 e. The molecule has 0 saturated carbocycles. The summed E-state index contributed by atoms with van der Waals surface area (Å²) in [6, 6.07) is 11.3. The van der Waals surface area contributed by atoms with Gasteiger partial charge in [-0.1, -0.05) is 51.1 Å². The molecule has 0 unspecified atom stereocenters. The van der Waals surface area contributed by atoms with Crippen LogP contribution in [0.4, 0.5) is 13.2 Å². The second kappa shape index (κ2) is 11.5. The van der Waals surface area contributed by atoms with Crippen LogP contribution < -0.4 is 5.32 Å². The lowest BCUT2D eigenvalue weighted by Crippen LogP contribution is -2.31. The van der Waals surface area contributed by atoms with Gasteiger partial charge in [0.1, 0.15) is 11.5 Å². The second-order valence-electron chi connectivity index (χ2n) is 10.5. The molecular weight excluding hydrogens is 539 g/mol. The Hall–Kier alpha value is -3.57. The number of hydrogen-bond donors (Lipinski definition) is 3. The fourth-order valence-corrected chi connectivity index (χ4v) is 5.10. The Morgan fingerprint density at radius 2 is 1.85 bits per heavy atom. The lowest BCUT2D eigenvalue weighted by atomic mass is 9.94. The standard InChI is InChI=1S/C29H32F3N5O2S/c1-17-25(26(39)35-23(16-38)18-9-11-21(40-5)12-10-18)36-27(28(2,3)4)37(17)15-19-7-6-8-22(20-13-33-34-14-20)24(19)29(30,31)32/h6-14,23,38H,15-16H2,1-5H3,(H,33,34)(H,35,39)/t23-/m0/s1. The van der Waals surface area contributed by atoms with E-state index in [4.69, 9.17) is 0 Å². The average Bonchev–Trinajstić information content (AvgIpc) is 3.55. The molecule has 0 bridgehead atoms. The summed E-state index contributed by atoms with van der Waals surface area (Å²) in [6.07, 6.45) is 0.107. The van der Waals surface area contributed by atoms with Crippen LogP contribution in [0.1, 0.15) is 65.5 Å². The number of carbonyl (C=O) groups is 1. The number of alkyl halides is 3. The van der Waals surface area contributed by atoms with E-state index >= 15 is 0 Å². The van der Waals surface area contributed by atoms with Crippen molar-refractivity contribution in [3.63, 3.8) is 0 Å². The maximum atomic E-state index is 14.4. The molecule has 40 heavy (non-hydrogen) atoms. The van der Waals surface area contributed by atoms with Gasteiger partial charge in [0.15, 0.2) is 0 Å². The van der Waals surface area contributed by atoms with Crippen molar-refractivity contribution in [3.8, 4) is 11.1 Å². The summed E-state index contributed by atoms with van der Waals surface area (Å²) in [5.41, 5.74) is 0.317. The van der Waals surface area contributed by atoms with Crippen molar-refractivity contribution in [2.45, 2.75) is 56.8 Å². The third-order valence-corrected chi connectivity index (χ3v) is 7.43. The second-order valence-corrected chi connectivity index (χ2v) is 11.4. The largest absolute Gasteiger partial charge is 0.417 e. The van der Waals surface area contributed by atoms with E-state index in [2.05, 4.69) is 20.5 Å². The van der Waals surface area contributed by atoms with Crippen LogP contribution in [0.5, 0.6) is 0 Å². The quantitative estimate of drug-likeness (QED) is 0.221. The zero-order valence-electron chi connectivity index (χ0n) is 22.9. The van der Waals surface area contributed by atoms with Crippen LogP contribution >= 0.6 is 11.8 Å². The minimum absolute atomic E-state index is 0.0186. The highest BCUT2D eigenvalue weighted by Gasteiger charge is 2.37. The summed E-state index contributed by atoms with van der Waals surface area (Å²) < 4.78 is 44.9. The van der Waals surface area contributed by atoms with E-state index in [0.717, 1.165) is 10.5 Å². The van der Waals surface area contributed by atoms with Gasteiger partial charge < -0.3 is 15.0 Å². The van der Waals surface area contributed by atoms with Gasteiger partial charge in [-0.25, -0.2) is 4.98 Å². The molecule has 7 nitrogen and oxygen atoms in total. The monoisotopic (exact) mass is 571 g/mol. The van der Waals surface area contributed by atoms with Gasteiger partial charge in [-0.3, -0.25) is 9.89 Å². The number of nitrogens with one attached hydrogen (secondary N) is 2. The number of nitrogens with zero attached hydrogens (tertiary/aromatic N) is 3. The normalized spacial score (nSPS) is 12.9. The summed E-state index contributed by atoms with van der Waals surface area (Å²) in [5, 5.41) is 19.2. The summed E-state index contributed by atoms with van der Waals surface area (Å²) in [6.45, 7) is 6.88. The first-order valence-electron chi connectivity index (χ1n) is 12.7. The number of imidazole rings is 1. The van der Waals surface area contributed by atoms with Gasteiger partial charge in [0, 0.05) is 34.3 Å². The summed E-state index contributed by atoms with van der Waals surface area (Å²) in [5.74, 6) is -0.0419. The molecule has 2 heterocycles. The molecule has 1 amide bonds. The number of benzene rings is 2. The molecule has 0 fully saturated rings. The van der Waals surface area contributed by atoms with Gasteiger partial charge in [0.2, 0.25) is 0 Å². The predicted octanol–water partition coefficient (Wildman–Crippen LogP) is 6.13. The van der Waals surface area contributed by atoms with E-state index in [9.17, 15) is 23.1 Å². The van der Waals surface area contributed by atoms with Crippen LogP contribution in [0.25, 0.3) is 11.1 Å². The van der Waals surface area contributed by atoms with Gasteiger partial charge in [0.05, 0.1) is 24.4 Å². The van der Waals surface area contributed by atoms with Crippen molar-refractivity contribution < 1.29 is 23.1 Å². The van der Waals surface area contributed by atoms with E-state index in [0.29, 0.717) is 17.1 Å². The number of aromatic nitrogens is 4. The number of aliphatic hydroxyl groups is 1. The summed E-state index contributed by atoms with van der Waals surface area (Å²) >= 11 is 1.58. The van der Waals surface area contributed by atoms with Crippen molar-refractivity contribution in [1.82, 2.24) is 25.1 Å². The molecular formula is C29H32F3N5O2S. The van der Waals surface area contributed by atoms with Crippen molar-refractivity contribution >= 4 is 17.7 Å². The van der Waals surface area contributed by atoms with Gasteiger partial charge >= 0.3 is 6.18 Å². The molecule has 1 atom stereocenters. The highest BCUT2D eigenvalue weighted by atomic mass is 32.2. The fourth-order valence-electron chi connectivity index (χ4n) is 4.69. The number of aliphatic hydroxyl groups excluding tert-OH is 1. The van der Waals surface area contributed by atoms with E-state index in [1.807, 2.05) is 51.3 Å². The molecule has 0 spiro atoms. The fraction of sp³-hybridized carbons (Fsp3) is 0.345. The van der Waals surface area contributed by atoms with Crippen LogP contribution in [-0.4, -0.2) is 43.6 Å². The van der Waals surface area contributed by atoms with Crippen molar-refractivity contribution in [2.75, 3.05) is 12.9 Å². The molecule has 212 valence electrons. The van der Waals surface area contributed by atoms with E-state index < -0.39 is 29.1 Å². The molecule has 11 heteroatoms. The molecule has 2 aromatic carbocycles. The van der Waals surface area contributed by atoms with Crippen LogP contribution in [0.15, 0.2) is 59.8 Å². The Bertz CT molecular complexity index is 1470. The molecule has 4 rings (SSSR count).